The molecule has 28 heavy (non-hydrogen) atoms. The molecule has 1 heterocycles. The number of aliphatic hydroxyl groups is 1. The van der Waals surface area contributed by atoms with Gasteiger partial charge in [0.25, 0.3) is 5.69 Å². The average molecular weight is 411 g/mol. The van der Waals surface area contributed by atoms with Crippen LogP contribution in [0.4, 0.5) is 10.5 Å². The van der Waals surface area contributed by atoms with Crippen molar-refractivity contribution >= 4 is 20.1 Å². The molecule has 2 atom stereocenters. The Balaban J connectivity index is 1.84. The number of carbonyl (C=O) groups excluding carboxylic acids is 1. The maximum atomic E-state index is 12.3. The van der Waals surface area contributed by atoms with E-state index in [-0.39, 0.29) is 23.3 Å². The number of nitro benzene ring substituents is 1. The van der Waals surface area contributed by atoms with E-state index in [1.807, 2.05) is 0 Å². The van der Waals surface area contributed by atoms with Gasteiger partial charge in [-0.15, -0.1) is 0 Å². The van der Waals surface area contributed by atoms with E-state index in [1.165, 1.54) is 12.1 Å². The molecule has 1 fully saturated rings. The summed E-state index contributed by atoms with van der Waals surface area (Å²) >= 11 is 0. The van der Waals surface area contributed by atoms with Crippen LogP contribution in [0.1, 0.15) is 32.8 Å². The molecule has 1 aromatic carbocycles. The van der Waals surface area contributed by atoms with Crippen LogP contribution in [0, 0.1) is 16.0 Å². The Kier molecular flexibility index (Phi) is 6.84. The summed E-state index contributed by atoms with van der Waals surface area (Å²) in [6, 6.07) is 5.89. The molecule has 0 spiro atoms. The van der Waals surface area contributed by atoms with Crippen molar-refractivity contribution in [2.45, 2.75) is 58.2 Å². The number of amides is 1. The number of hydrogen-bond donors (Lipinski definition) is 1. The van der Waals surface area contributed by atoms with E-state index in [2.05, 4.69) is 33.9 Å². The number of benzene rings is 1. The van der Waals surface area contributed by atoms with E-state index in [4.69, 9.17) is 9.16 Å². The van der Waals surface area contributed by atoms with E-state index in [1.54, 1.807) is 17.0 Å². The topological polar surface area (TPSA) is 102 Å². The van der Waals surface area contributed by atoms with Gasteiger partial charge < -0.3 is 19.2 Å². The Hall–Kier alpha value is -1.97. The summed E-state index contributed by atoms with van der Waals surface area (Å²) in [4.78, 5) is 24.0. The fourth-order valence-electron chi connectivity index (χ4n) is 2.71. The quantitative estimate of drug-likeness (QED) is 0.330. The number of ether oxygens (including phenoxy) is 1. The van der Waals surface area contributed by atoms with Crippen molar-refractivity contribution in [1.29, 1.82) is 0 Å². The van der Waals surface area contributed by atoms with Gasteiger partial charge in [0.15, 0.2) is 8.32 Å². The van der Waals surface area contributed by atoms with Crippen LogP contribution in [-0.2, 0) is 15.8 Å². The Morgan fingerprint density at radius 3 is 2.50 bits per heavy atom. The Bertz CT molecular complexity index is 701. The molecule has 2 rings (SSSR count). The Morgan fingerprint density at radius 1 is 1.36 bits per heavy atom. The van der Waals surface area contributed by atoms with E-state index >= 15 is 0 Å². The van der Waals surface area contributed by atoms with Crippen LogP contribution in [-0.4, -0.2) is 48.7 Å². The molecule has 0 saturated carbocycles. The van der Waals surface area contributed by atoms with Gasteiger partial charge in [0.1, 0.15) is 12.9 Å². The second-order valence-electron chi connectivity index (χ2n) is 8.74. The minimum absolute atomic E-state index is 0.00401. The number of aliphatic hydroxyl groups excluding tert-OH is 1. The molecule has 1 N–H and O–H groups in total. The molecule has 1 amide bonds. The first-order valence-electron chi connectivity index (χ1n) is 9.41. The molecule has 0 radical (unpaired) electrons. The summed E-state index contributed by atoms with van der Waals surface area (Å²) in [5.41, 5.74) is 0.671. The number of hydrogen-bond acceptors (Lipinski definition) is 6. The average Bonchev–Trinajstić information content (AvgIpc) is 3.09. The van der Waals surface area contributed by atoms with Gasteiger partial charge >= 0.3 is 6.09 Å². The van der Waals surface area contributed by atoms with Gasteiger partial charge in [0.05, 0.1) is 4.92 Å². The molecule has 0 aliphatic carbocycles. The Labute approximate surface area is 166 Å². The van der Waals surface area contributed by atoms with Gasteiger partial charge in [-0.3, -0.25) is 10.1 Å². The lowest BCUT2D eigenvalue weighted by molar-refractivity contribution is -0.384. The summed E-state index contributed by atoms with van der Waals surface area (Å²) in [7, 11) is -2.09. The van der Waals surface area contributed by atoms with E-state index in [0.29, 0.717) is 25.1 Å². The first-order valence-corrected chi connectivity index (χ1v) is 12.3. The molecule has 8 nitrogen and oxygen atoms in total. The highest BCUT2D eigenvalue weighted by molar-refractivity contribution is 6.74. The number of non-ortho nitro benzene ring substituents is 1. The summed E-state index contributed by atoms with van der Waals surface area (Å²) in [6.45, 7) is 11.4. The minimum atomic E-state index is -2.09. The van der Waals surface area contributed by atoms with Crippen LogP contribution in [0.15, 0.2) is 24.3 Å². The summed E-state index contributed by atoms with van der Waals surface area (Å²) in [5.74, 6) is -0.138. The predicted molar refractivity (Wildman–Crippen MR) is 107 cm³/mol. The molecular formula is C19H30N2O6Si. The molecule has 9 heteroatoms. The number of nitro groups is 1. The maximum Gasteiger partial charge on any atom is 0.410 e. The van der Waals surface area contributed by atoms with Crippen molar-refractivity contribution < 1.29 is 24.0 Å². The number of carbonyl (C=O) groups is 1. The van der Waals surface area contributed by atoms with Crippen LogP contribution >= 0.6 is 0 Å². The van der Waals surface area contributed by atoms with Gasteiger partial charge in [-0.25, -0.2) is 4.79 Å². The second kappa shape index (κ2) is 8.58. The lowest BCUT2D eigenvalue weighted by Gasteiger charge is -2.39. The Morgan fingerprint density at radius 2 is 1.96 bits per heavy atom. The van der Waals surface area contributed by atoms with Crippen molar-refractivity contribution in [2.75, 3.05) is 13.1 Å². The molecule has 2 unspecified atom stereocenters. The molecule has 0 bridgehead atoms. The van der Waals surface area contributed by atoms with E-state index in [9.17, 15) is 20.0 Å². The van der Waals surface area contributed by atoms with Gasteiger partial charge in [0, 0.05) is 31.1 Å². The molecule has 156 valence electrons. The van der Waals surface area contributed by atoms with Gasteiger partial charge in [-0.05, 0) is 42.2 Å². The summed E-state index contributed by atoms with van der Waals surface area (Å²) < 4.78 is 11.3. The lowest BCUT2D eigenvalue weighted by Crippen LogP contribution is -2.46. The highest BCUT2D eigenvalue weighted by Gasteiger charge is 2.42. The fraction of sp³-hybridized carbons (Fsp3) is 0.632. The van der Waals surface area contributed by atoms with Crippen LogP contribution in [0.5, 0.6) is 0 Å². The zero-order chi connectivity index (χ0) is 21.1. The second-order valence-corrected chi connectivity index (χ2v) is 13.5. The normalized spacial score (nSPS) is 18.8. The third kappa shape index (κ3) is 5.52. The minimum Gasteiger partial charge on any atom is -0.445 e. The summed E-state index contributed by atoms with van der Waals surface area (Å²) in [6.07, 6.45) is -0.698. The standard InChI is InChI=1S/C19H30N2O6Si/c1-19(2,3)28(4,5)27-17(22)15-10-11-20(12-15)18(23)26-13-14-6-8-16(9-7-14)21(24)25/h6-9,15,17,22H,10-13H2,1-5H3. The molecule has 1 aliphatic rings. The molecule has 1 saturated heterocycles. The number of nitrogens with zero attached hydrogens (tertiary/aromatic N) is 2. The van der Waals surface area contributed by atoms with Gasteiger partial charge in [0.2, 0.25) is 0 Å². The van der Waals surface area contributed by atoms with Crippen LogP contribution in [0.25, 0.3) is 0 Å². The molecule has 0 aromatic heterocycles. The van der Waals surface area contributed by atoms with Crippen molar-refractivity contribution in [1.82, 2.24) is 4.90 Å². The highest BCUT2D eigenvalue weighted by atomic mass is 28.4. The number of rotatable bonds is 6. The fourth-order valence-corrected chi connectivity index (χ4v) is 3.86. The van der Waals surface area contributed by atoms with Crippen molar-refractivity contribution in [3.63, 3.8) is 0 Å². The molecular weight excluding hydrogens is 380 g/mol. The van der Waals surface area contributed by atoms with Crippen molar-refractivity contribution in [3.8, 4) is 0 Å². The zero-order valence-electron chi connectivity index (χ0n) is 17.2. The smallest absolute Gasteiger partial charge is 0.410 e. The van der Waals surface area contributed by atoms with Crippen molar-refractivity contribution in [2.24, 2.45) is 5.92 Å². The summed E-state index contributed by atoms with van der Waals surface area (Å²) in [5, 5.41) is 21.2. The lowest BCUT2D eigenvalue weighted by atomic mass is 10.1. The number of likely N-dealkylation sites (tertiary alicyclic amines) is 1. The first-order chi connectivity index (χ1) is 12.9. The van der Waals surface area contributed by atoms with Crippen LogP contribution in [0.3, 0.4) is 0 Å². The van der Waals surface area contributed by atoms with E-state index in [0.717, 1.165) is 0 Å². The maximum absolute atomic E-state index is 12.3. The van der Waals surface area contributed by atoms with Crippen LogP contribution in [0.2, 0.25) is 18.1 Å². The third-order valence-electron chi connectivity index (χ3n) is 5.62. The SMILES string of the molecule is CC(C)(C)[Si](C)(C)OC(O)C1CCN(C(=O)OCc2ccc([N+](=O)[O-])cc2)C1. The predicted octanol–water partition coefficient (Wildman–Crippen LogP) is 3.89. The first kappa shape index (κ1) is 22.3. The molecule has 1 aromatic rings. The van der Waals surface area contributed by atoms with Gasteiger partial charge in [-0.2, -0.15) is 0 Å². The van der Waals surface area contributed by atoms with Crippen molar-refractivity contribution in [3.05, 3.63) is 39.9 Å². The molecule has 1 aliphatic heterocycles. The van der Waals surface area contributed by atoms with E-state index < -0.39 is 25.6 Å². The monoisotopic (exact) mass is 410 g/mol. The zero-order valence-corrected chi connectivity index (χ0v) is 18.2. The highest BCUT2D eigenvalue weighted by Crippen LogP contribution is 2.38. The van der Waals surface area contributed by atoms with Crippen LogP contribution < -0.4 is 0 Å². The van der Waals surface area contributed by atoms with Gasteiger partial charge in [-0.1, -0.05) is 20.8 Å². The third-order valence-corrected chi connectivity index (χ3v) is 10.1. The largest absolute Gasteiger partial charge is 0.445 e.